The largest absolute Gasteiger partial charge is 0.349 e. The Labute approximate surface area is 161 Å². The Morgan fingerprint density at radius 2 is 1.63 bits per heavy atom. The fraction of sp³-hybridized carbons (Fsp3) is 0.381. The lowest BCUT2D eigenvalue weighted by molar-refractivity contribution is 0.0928. The van der Waals surface area contributed by atoms with Crippen molar-refractivity contribution < 1.29 is 13.2 Å². The van der Waals surface area contributed by atoms with E-state index in [0.717, 1.165) is 31.2 Å². The summed E-state index contributed by atoms with van der Waals surface area (Å²) >= 11 is 0. The number of benzene rings is 2. The maximum atomic E-state index is 13.0. The minimum atomic E-state index is -3.74. The molecule has 2 aromatic carbocycles. The molecule has 0 aromatic heterocycles. The molecule has 1 fully saturated rings. The molecule has 27 heavy (non-hydrogen) atoms. The molecule has 1 saturated carbocycles. The third-order valence-electron chi connectivity index (χ3n) is 5.11. The highest BCUT2D eigenvalue weighted by atomic mass is 32.2. The van der Waals surface area contributed by atoms with Crippen LogP contribution in [-0.4, -0.2) is 27.4 Å². The molecule has 1 N–H and O–H groups in total. The van der Waals surface area contributed by atoms with E-state index in [1.807, 2.05) is 6.92 Å². The molecule has 1 aliphatic carbocycles. The van der Waals surface area contributed by atoms with E-state index in [4.69, 9.17) is 0 Å². The van der Waals surface area contributed by atoms with Gasteiger partial charge in [-0.1, -0.05) is 49.1 Å². The fourth-order valence-electron chi connectivity index (χ4n) is 3.45. The van der Waals surface area contributed by atoms with Gasteiger partial charge in [-0.25, -0.2) is 8.42 Å². The quantitative estimate of drug-likeness (QED) is 0.848. The van der Waals surface area contributed by atoms with Crippen LogP contribution in [0.5, 0.6) is 0 Å². The van der Waals surface area contributed by atoms with Crippen LogP contribution in [0.2, 0.25) is 0 Å². The molecular formula is C21H26N2O3S. The number of rotatable bonds is 5. The normalized spacial score (nSPS) is 15.3. The van der Waals surface area contributed by atoms with Crippen molar-refractivity contribution in [2.75, 3.05) is 11.4 Å². The third kappa shape index (κ3) is 4.33. The van der Waals surface area contributed by atoms with E-state index in [2.05, 4.69) is 5.32 Å². The first-order chi connectivity index (χ1) is 12.9. The first kappa shape index (κ1) is 19.4. The SMILES string of the molecule is Cc1ccc(S(=O)(=O)N(C)c2ccccc2C(=O)NC2CCCCC2)cc1. The Balaban J connectivity index is 1.88. The summed E-state index contributed by atoms with van der Waals surface area (Å²) in [5.41, 5.74) is 1.75. The highest BCUT2D eigenvalue weighted by molar-refractivity contribution is 7.92. The van der Waals surface area contributed by atoms with Gasteiger partial charge < -0.3 is 5.32 Å². The van der Waals surface area contributed by atoms with E-state index < -0.39 is 10.0 Å². The molecule has 0 unspecified atom stereocenters. The molecule has 0 radical (unpaired) electrons. The number of hydrogen-bond acceptors (Lipinski definition) is 3. The van der Waals surface area contributed by atoms with E-state index in [9.17, 15) is 13.2 Å². The number of sulfonamides is 1. The Kier molecular flexibility index (Phi) is 5.85. The van der Waals surface area contributed by atoms with Crippen LogP contribution in [0.15, 0.2) is 53.4 Å². The summed E-state index contributed by atoms with van der Waals surface area (Å²) in [5.74, 6) is -0.219. The van der Waals surface area contributed by atoms with Gasteiger partial charge in [0.15, 0.2) is 0 Å². The summed E-state index contributed by atoms with van der Waals surface area (Å²) in [7, 11) is -2.26. The van der Waals surface area contributed by atoms with Gasteiger partial charge in [0.05, 0.1) is 16.1 Å². The first-order valence-corrected chi connectivity index (χ1v) is 10.8. The summed E-state index contributed by atoms with van der Waals surface area (Å²) in [6.45, 7) is 1.91. The van der Waals surface area contributed by atoms with Crippen LogP contribution in [0.3, 0.4) is 0 Å². The van der Waals surface area contributed by atoms with Crippen molar-refractivity contribution in [3.05, 3.63) is 59.7 Å². The lowest BCUT2D eigenvalue weighted by atomic mass is 9.95. The van der Waals surface area contributed by atoms with Gasteiger partial charge in [-0.15, -0.1) is 0 Å². The number of nitrogens with one attached hydrogen (secondary N) is 1. The molecule has 5 nitrogen and oxygen atoms in total. The zero-order chi connectivity index (χ0) is 19.4. The number of carbonyl (C=O) groups excluding carboxylic acids is 1. The average molecular weight is 387 g/mol. The smallest absolute Gasteiger partial charge is 0.264 e. The van der Waals surface area contributed by atoms with Crippen LogP contribution in [0.4, 0.5) is 5.69 Å². The third-order valence-corrected chi connectivity index (χ3v) is 6.89. The lowest BCUT2D eigenvalue weighted by Crippen LogP contribution is -2.37. The van der Waals surface area contributed by atoms with E-state index in [-0.39, 0.29) is 16.8 Å². The standard InChI is InChI=1S/C21H26N2O3S/c1-16-12-14-18(15-13-16)27(25,26)23(2)20-11-7-6-10-19(20)21(24)22-17-8-4-3-5-9-17/h6-7,10-15,17H,3-5,8-9H2,1-2H3,(H,22,24). The molecule has 1 amide bonds. The molecule has 0 spiro atoms. The number of aryl methyl sites for hydroxylation is 1. The highest BCUT2D eigenvalue weighted by Crippen LogP contribution is 2.26. The Bertz CT molecular complexity index is 901. The first-order valence-electron chi connectivity index (χ1n) is 9.35. The molecule has 0 atom stereocenters. The Morgan fingerprint density at radius 3 is 2.30 bits per heavy atom. The van der Waals surface area contributed by atoms with E-state index >= 15 is 0 Å². The second kappa shape index (κ2) is 8.13. The van der Waals surface area contributed by atoms with Crippen LogP contribution in [0, 0.1) is 6.92 Å². The van der Waals surface area contributed by atoms with E-state index in [0.29, 0.717) is 11.3 Å². The molecule has 0 heterocycles. The predicted octanol–water partition coefficient (Wildman–Crippen LogP) is 3.88. The molecule has 144 valence electrons. The molecule has 0 bridgehead atoms. The van der Waals surface area contributed by atoms with Gasteiger partial charge in [-0.05, 0) is 44.0 Å². The minimum Gasteiger partial charge on any atom is -0.349 e. The number of carbonyl (C=O) groups is 1. The van der Waals surface area contributed by atoms with Crippen molar-refractivity contribution in [2.24, 2.45) is 0 Å². The number of nitrogens with zero attached hydrogens (tertiary/aromatic N) is 1. The van der Waals surface area contributed by atoms with E-state index in [1.54, 1.807) is 48.5 Å². The van der Waals surface area contributed by atoms with Crippen molar-refractivity contribution in [3.63, 3.8) is 0 Å². The second-order valence-electron chi connectivity index (χ2n) is 7.11. The van der Waals surface area contributed by atoms with Crippen LogP contribution in [0.1, 0.15) is 48.0 Å². The second-order valence-corrected chi connectivity index (χ2v) is 9.08. The minimum absolute atomic E-state index is 0.165. The van der Waals surface area contributed by atoms with Gasteiger partial charge in [-0.2, -0.15) is 0 Å². The van der Waals surface area contributed by atoms with Gasteiger partial charge in [-0.3, -0.25) is 9.10 Å². The zero-order valence-corrected chi connectivity index (χ0v) is 16.6. The van der Waals surface area contributed by atoms with E-state index in [1.165, 1.54) is 17.8 Å². The topological polar surface area (TPSA) is 66.5 Å². The predicted molar refractivity (Wildman–Crippen MR) is 108 cm³/mol. The van der Waals surface area contributed by atoms with Gasteiger partial charge in [0, 0.05) is 13.1 Å². The van der Waals surface area contributed by atoms with Gasteiger partial charge in [0.25, 0.3) is 15.9 Å². The molecule has 1 aliphatic rings. The number of para-hydroxylation sites is 1. The van der Waals surface area contributed by atoms with Crippen molar-refractivity contribution in [1.82, 2.24) is 5.32 Å². The maximum Gasteiger partial charge on any atom is 0.264 e. The summed E-state index contributed by atoms with van der Waals surface area (Å²) in [6, 6.07) is 13.7. The average Bonchev–Trinajstić information content (AvgIpc) is 2.68. The number of amides is 1. The molecule has 0 aliphatic heterocycles. The highest BCUT2D eigenvalue weighted by Gasteiger charge is 2.26. The number of anilines is 1. The zero-order valence-electron chi connectivity index (χ0n) is 15.8. The monoisotopic (exact) mass is 386 g/mol. The molecule has 0 saturated heterocycles. The molecule has 3 rings (SSSR count). The summed E-state index contributed by atoms with van der Waals surface area (Å²) in [4.78, 5) is 13.0. The lowest BCUT2D eigenvalue weighted by Gasteiger charge is -2.25. The maximum absolute atomic E-state index is 13.0. The fourth-order valence-corrected chi connectivity index (χ4v) is 4.66. The van der Waals surface area contributed by atoms with Gasteiger partial charge in [0.2, 0.25) is 0 Å². The summed E-state index contributed by atoms with van der Waals surface area (Å²) in [6.07, 6.45) is 5.40. The van der Waals surface area contributed by atoms with Gasteiger partial charge in [0.1, 0.15) is 0 Å². The van der Waals surface area contributed by atoms with Crippen LogP contribution in [0.25, 0.3) is 0 Å². The Morgan fingerprint density at radius 1 is 1.00 bits per heavy atom. The molecular weight excluding hydrogens is 360 g/mol. The van der Waals surface area contributed by atoms with Crippen LogP contribution >= 0.6 is 0 Å². The number of hydrogen-bond donors (Lipinski definition) is 1. The van der Waals surface area contributed by atoms with Crippen molar-refractivity contribution in [2.45, 2.75) is 50.0 Å². The molecule has 6 heteroatoms. The summed E-state index contributed by atoms with van der Waals surface area (Å²) in [5, 5.41) is 3.07. The van der Waals surface area contributed by atoms with Crippen molar-refractivity contribution in [3.8, 4) is 0 Å². The Hall–Kier alpha value is -2.34. The summed E-state index contributed by atoms with van der Waals surface area (Å²) < 4.78 is 27.2. The van der Waals surface area contributed by atoms with Crippen molar-refractivity contribution in [1.29, 1.82) is 0 Å². The van der Waals surface area contributed by atoms with Crippen LogP contribution in [-0.2, 0) is 10.0 Å². The van der Waals surface area contributed by atoms with Crippen LogP contribution < -0.4 is 9.62 Å². The van der Waals surface area contributed by atoms with Gasteiger partial charge >= 0.3 is 0 Å². The molecule has 2 aromatic rings. The van der Waals surface area contributed by atoms with Crippen molar-refractivity contribution >= 4 is 21.6 Å².